The summed E-state index contributed by atoms with van der Waals surface area (Å²) in [5.41, 5.74) is 1.19. The second-order valence-electron chi connectivity index (χ2n) is 7.44. The quantitative estimate of drug-likeness (QED) is 0.459. The van der Waals surface area contributed by atoms with E-state index in [0.717, 1.165) is 71.2 Å². The summed E-state index contributed by atoms with van der Waals surface area (Å²) in [5.74, 6) is 0.202. The van der Waals surface area contributed by atoms with Crippen LogP contribution in [0.2, 0.25) is 0 Å². The molecule has 0 radical (unpaired) electrons. The summed E-state index contributed by atoms with van der Waals surface area (Å²) in [6, 6.07) is 0. The van der Waals surface area contributed by atoms with Crippen LogP contribution in [-0.2, 0) is 9.53 Å². The molecule has 2 saturated heterocycles. The number of likely N-dealkylation sites (tertiary alicyclic amines) is 1. The zero-order valence-corrected chi connectivity index (χ0v) is 17.8. The Balaban J connectivity index is 0.00000176. The van der Waals surface area contributed by atoms with Gasteiger partial charge in [0, 0.05) is 32.7 Å². The van der Waals surface area contributed by atoms with Gasteiger partial charge in [-0.2, -0.15) is 0 Å². The second kappa shape index (κ2) is 12.1. The first kappa shape index (κ1) is 23.6. The van der Waals surface area contributed by atoms with Gasteiger partial charge in [-0.3, -0.25) is 4.79 Å². The summed E-state index contributed by atoms with van der Waals surface area (Å²) in [6.45, 7) is 21.0. The minimum atomic E-state index is -0.226. The minimum absolute atomic E-state index is 0.124. The standard InChI is InChI=1S/C21H36N2O2.C2H4/c1-5-9-10-19-20(24)23(8-4)17-21(25-19)12-15-22(16-13-21)14-11-18(6-2)7-3;1-2/h6-7,19H,2,5,8-17H2,1,3-4H3;1-2H2/b18-7+;. The highest BCUT2D eigenvalue weighted by Gasteiger charge is 2.45. The fraction of sp³-hybridized carbons (Fsp3) is 0.696. The van der Waals surface area contributed by atoms with Gasteiger partial charge in [0.05, 0.1) is 5.60 Å². The summed E-state index contributed by atoms with van der Waals surface area (Å²) in [5, 5.41) is 0. The lowest BCUT2D eigenvalue weighted by molar-refractivity contribution is -0.193. The number of piperidine rings is 1. The van der Waals surface area contributed by atoms with Gasteiger partial charge < -0.3 is 14.5 Å². The first-order chi connectivity index (χ1) is 13.1. The number of morpholine rings is 1. The van der Waals surface area contributed by atoms with Gasteiger partial charge in [0.1, 0.15) is 6.10 Å². The number of amides is 1. The molecule has 4 nitrogen and oxygen atoms in total. The highest BCUT2D eigenvalue weighted by molar-refractivity contribution is 5.81. The van der Waals surface area contributed by atoms with E-state index < -0.39 is 0 Å². The highest BCUT2D eigenvalue weighted by Crippen LogP contribution is 2.34. The van der Waals surface area contributed by atoms with Gasteiger partial charge >= 0.3 is 0 Å². The van der Waals surface area contributed by atoms with Crippen LogP contribution in [0.25, 0.3) is 0 Å². The molecule has 1 amide bonds. The monoisotopic (exact) mass is 376 g/mol. The van der Waals surface area contributed by atoms with Gasteiger partial charge in [-0.25, -0.2) is 0 Å². The maximum absolute atomic E-state index is 12.6. The van der Waals surface area contributed by atoms with Crippen LogP contribution in [0.4, 0.5) is 0 Å². The SMILES string of the molecule is C=C.C=C/C(=C\C)CCN1CCC2(CC1)CN(CC)C(=O)C(CCCC)O2. The molecule has 2 fully saturated rings. The molecular formula is C23H40N2O2. The van der Waals surface area contributed by atoms with E-state index in [2.05, 4.69) is 51.5 Å². The Morgan fingerprint density at radius 2 is 1.96 bits per heavy atom. The molecular weight excluding hydrogens is 336 g/mol. The molecule has 154 valence electrons. The summed E-state index contributed by atoms with van der Waals surface area (Å²) in [4.78, 5) is 17.1. The van der Waals surface area contributed by atoms with E-state index in [1.165, 1.54) is 5.57 Å². The molecule has 0 saturated carbocycles. The first-order valence-electron chi connectivity index (χ1n) is 10.5. The van der Waals surface area contributed by atoms with Crippen molar-refractivity contribution in [2.75, 3.05) is 32.7 Å². The van der Waals surface area contributed by atoms with Crippen molar-refractivity contribution in [1.29, 1.82) is 0 Å². The average molecular weight is 377 g/mol. The van der Waals surface area contributed by atoms with E-state index in [9.17, 15) is 4.79 Å². The number of hydrogen-bond acceptors (Lipinski definition) is 3. The number of likely N-dealkylation sites (N-methyl/N-ethyl adjacent to an activating group) is 1. The Morgan fingerprint density at radius 1 is 1.30 bits per heavy atom. The van der Waals surface area contributed by atoms with E-state index in [0.29, 0.717) is 0 Å². The largest absolute Gasteiger partial charge is 0.360 e. The number of rotatable bonds is 8. The molecule has 0 bridgehead atoms. The Bertz CT molecular complexity index is 493. The average Bonchev–Trinajstić information content (AvgIpc) is 2.72. The van der Waals surface area contributed by atoms with Crippen molar-refractivity contribution < 1.29 is 9.53 Å². The lowest BCUT2D eigenvalue weighted by Gasteiger charge is -2.49. The number of allylic oxidation sites excluding steroid dienone is 2. The normalized spacial score (nSPS) is 23.1. The molecule has 0 aliphatic carbocycles. The number of carbonyl (C=O) groups is 1. The van der Waals surface area contributed by atoms with Crippen LogP contribution >= 0.6 is 0 Å². The van der Waals surface area contributed by atoms with Gasteiger partial charge in [-0.05, 0) is 39.5 Å². The van der Waals surface area contributed by atoms with Crippen molar-refractivity contribution in [2.45, 2.75) is 71.0 Å². The summed E-state index contributed by atoms with van der Waals surface area (Å²) in [6.07, 6.45) is 10.0. The first-order valence-corrected chi connectivity index (χ1v) is 10.5. The number of carbonyl (C=O) groups excluding carboxylic acids is 1. The van der Waals surface area contributed by atoms with Crippen LogP contribution in [0.5, 0.6) is 0 Å². The Morgan fingerprint density at radius 3 is 2.48 bits per heavy atom. The second-order valence-corrected chi connectivity index (χ2v) is 7.44. The van der Waals surface area contributed by atoms with Crippen LogP contribution in [0.15, 0.2) is 37.5 Å². The van der Waals surface area contributed by atoms with Gasteiger partial charge in [0.25, 0.3) is 5.91 Å². The summed E-state index contributed by atoms with van der Waals surface area (Å²) < 4.78 is 6.43. The number of hydrogen-bond donors (Lipinski definition) is 0. The van der Waals surface area contributed by atoms with E-state index >= 15 is 0 Å². The highest BCUT2D eigenvalue weighted by atomic mass is 16.5. The predicted molar refractivity (Wildman–Crippen MR) is 115 cm³/mol. The zero-order chi connectivity index (χ0) is 20.3. The predicted octanol–water partition coefficient (Wildman–Crippen LogP) is 4.58. The van der Waals surface area contributed by atoms with Crippen molar-refractivity contribution in [3.8, 4) is 0 Å². The van der Waals surface area contributed by atoms with Crippen molar-refractivity contribution in [1.82, 2.24) is 9.80 Å². The minimum Gasteiger partial charge on any atom is -0.360 e. The molecule has 27 heavy (non-hydrogen) atoms. The molecule has 1 spiro atoms. The van der Waals surface area contributed by atoms with Crippen LogP contribution in [0, 0.1) is 0 Å². The van der Waals surface area contributed by atoms with Crippen LogP contribution < -0.4 is 0 Å². The molecule has 0 N–H and O–H groups in total. The molecule has 2 rings (SSSR count). The third-order valence-electron chi connectivity index (χ3n) is 5.78. The van der Waals surface area contributed by atoms with E-state index in [-0.39, 0.29) is 17.6 Å². The maximum Gasteiger partial charge on any atom is 0.251 e. The third kappa shape index (κ3) is 6.62. The topological polar surface area (TPSA) is 32.8 Å². The molecule has 2 aliphatic heterocycles. The molecule has 0 aromatic rings. The summed E-state index contributed by atoms with van der Waals surface area (Å²) >= 11 is 0. The van der Waals surface area contributed by atoms with Crippen molar-refractivity contribution in [3.63, 3.8) is 0 Å². The molecule has 0 aromatic carbocycles. The Kier molecular flexibility index (Phi) is 10.6. The van der Waals surface area contributed by atoms with Crippen LogP contribution in [0.3, 0.4) is 0 Å². The Hall–Kier alpha value is -1.39. The number of unbranched alkanes of at least 4 members (excludes halogenated alkanes) is 1. The summed E-state index contributed by atoms with van der Waals surface area (Å²) in [7, 11) is 0. The molecule has 2 aliphatic rings. The van der Waals surface area contributed by atoms with E-state index in [4.69, 9.17) is 4.74 Å². The van der Waals surface area contributed by atoms with E-state index in [1.807, 2.05) is 11.0 Å². The van der Waals surface area contributed by atoms with Gasteiger partial charge in [0.2, 0.25) is 0 Å². The fourth-order valence-electron chi connectivity index (χ4n) is 3.97. The van der Waals surface area contributed by atoms with E-state index in [1.54, 1.807) is 0 Å². The fourth-order valence-corrected chi connectivity index (χ4v) is 3.97. The van der Waals surface area contributed by atoms with Crippen molar-refractivity contribution >= 4 is 5.91 Å². The lowest BCUT2D eigenvalue weighted by Crippen LogP contribution is -2.61. The molecule has 4 heteroatoms. The smallest absolute Gasteiger partial charge is 0.251 e. The van der Waals surface area contributed by atoms with Crippen LogP contribution in [0.1, 0.15) is 59.3 Å². The number of nitrogens with zero attached hydrogens (tertiary/aromatic N) is 2. The Labute approximate surface area is 166 Å². The number of ether oxygens (including phenoxy) is 1. The van der Waals surface area contributed by atoms with Crippen molar-refractivity contribution in [3.05, 3.63) is 37.5 Å². The maximum atomic E-state index is 12.6. The zero-order valence-electron chi connectivity index (χ0n) is 17.8. The van der Waals surface area contributed by atoms with Gasteiger partial charge in [-0.15, -0.1) is 13.2 Å². The van der Waals surface area contributed by atoms with Crippen molar-refractivity contribution in [2.24, 2.45) is 0 Å². The molecule has 1 atom stereocenters. The molecule has 0 aromatic heterocycles. The third-order valence-corrected chi connectivity index (χ3v) is 5.78. The van der Waals surface area contributed by atoms with Gasteiger partial charge in [-0.1, -0.05) is 44.1 Å². The van der Waals surface area contributed by atoms with Crippen LogP contribution in [-0.4, -0.2) is 60.1 Å². The lowest BCUT2D eigenvalue weighted by atomic mass is 9.87. The van der Waals surface area contributed by atoms with Gasteiger partial charge in [0.15, 0.2) is 0 Å². The molecule has 1 unspecified atom stereocenters. The molecule has 2 heterocycles.